The molecule has 0 aromatic heterocycles. The summed E-state index contributed by atoms with van der Waals surface area (Å²) in [5.74, 6) is 0. The molecule has 1 N–H and O–H groups in total. The van der Waals surface area contributed by atoms with Gasteiger partial charge in [0.1, 0.15) is 0 Å². The minimum Gasteiger partial charge on any atom is -0.316 e. The lowest BCUT2D eigenvalue weighted by molar-refractivity contribution is 0.671. The fourth-order valence-corrected chi connectivity index (χ4v) is 2.03. The van der Waals surface area contributed by atoms with Crippen molar-refractivity contribution in [1.82, 2.24) is 5.32 Å². The minimum atomic E-state index is 1.08. The van der Waals surface area contributed by atoms with E-state index in [0.29, 0.717) is 0 Å². The maximum Gasteiger partial charge on any atom is -0.000835 e. The van der Waals surface area contributed by atoms with E-state index in [0.717, 1.165) is 25.9 Å². The molecule has 1 aromatic carbocycles. The van der Waals surface area contributed by atoms with Crippen LogP contribution in [0, 0.1) is 0 Å². The minimum absolute atomic E-state index is 1.08. The second kappa shape index (κ2) is 8.08. The Balaban J connectivity index is 2.60. The third-order valence-electron chi connectivity index (χ3n) is 2.96. The fourth-order valence-electron chi connectivity index (χ4n) is 2.03. The van der Waals surface area contributed by atoms with E-state index < -0.39 is 0 Å². The molecule has 1 heteroatoms. The number of nitrogens with one attached hydrogen (secondary N) is 1. The van der Waals surface area contributed by atoms with Gasteiger partial charge < -0.3 is 5.32 Å². The third-order valence-corrected chi connectivity index (χ3v) is 2.96. The van der Waals surface area contributed by atoms with Gasteiger partial charge in [0.15, 0.2) is 0 Å². The Bertz CT molecular complexity index is 341. The molecule has 0 spiro atoms. The van der Waals surface area contributed by atoms with Gasteiger partial charge in [-0.2, -0.15) is 0 Å². The lowest BCUT2D eigenvalue weighted by atomic mass is 9.99. The van der Waals surface area contributed by atoms with Gasteiger partial charge in [-0.3, -0.25) is 0 Å². The van der Waals surface area contributed by atoms with Crippen LogP contribution in [0.5, 0.6) is 0 Å². The van der Waals surface area contributed by atoms with Gasteiger partial charge >= 0.3 is 0 Å². The average Bonchev–Trinajstić information content (AvgIpc) is 2.35. The van der Waals surface area contributed by atoms with Crippen LogP contribution < -0.4 is 5.32 Å². The van der Waals surface area contributed by atoms with Crippen LogP contribution in [-0.2, 0) is 12.8 Å². The Labute approximate surface area is 106 Å². The Morgan fingerprint density at radius 1 is 1.12 bits per heavy atom. The Kier molecular flexibility index (Phi) is 6.64. The number of benzene rings is 1. The molecular formula is C16H25N. The van der Waals surface area contributed by atoms with Crippen LogP contribution in [0.2, 0.25) is 0 Å². The first-order valence-corrected chi connectivity index (χ1v) is 6.76. The molecule has 0 radical (unpaired) electrons. The van der Waals surface area contributed by atoms with E-state index in [9.17, 15) is 0 Å². The van der Waals surface area contributed by atoms with Gasteiger partial charge in [0, 0.05) is 0 Å². The molecule has 1 rings (SSSR count). The van der Waals surface area contributed by atoms with Crippen molar-refractivity contribution in [1.29, 1.82) is 0 Å². The molecule has 0 heterocycles. The molecule has 1 nitrogen and oxygen atoms in total. The zero-order valence-corrected chi connectivity index (χ0v) is 11.3. The van der Waals surface area contributed by atoms with E-state index in [2.05, 4.69) is 43.9 Å². The fraction of sp³-hybridized carbons (Fsp3) is 0.500. The molecule has 0 amide bonds. The highest BCUT2D eigenvalue weighted by molar-refractivity contribution is 5.53. The normalized spacial score (nSPS) is 10.5. The van der Waals surface area contributed by atoms with E-state index in [4.69, 9.17) is 0 Å². The van der Waals surface area contributed by atoms with Gasteiger partial charge in [0.05, 0.1) is 0 Å². The van der Waals surface area contributed by atoms with Crippen LogP contribution in [-0.4, -0.2) is 13.1 Å². The molecule has 0 aliphatic rings. The number of aryl methyl sites for hydroxylation is 1. The van der Waals surface area contributed by atoms with Crippen molar-refractivity contribution in [2.45, 2.75) is 39.5 Å². The molecule has 1 aromatic rings. The van der Waals surface area contributed by atoms with Crippen LogP contribution in [0.15, 0.2) is 24.8 Å². The summed E-state index contributed by atoms with van der Waals surface area (Å²) in [7, 11) is 0. The van der Waals surface area contributed by atoms with Crippen molar-refractivity contribution in [3.63, 3.8) is 0 Å². The Morgan fingerprint density at radius 2 is 1.94 bits per heavy atom. The summed E-state index contributed by atoms with van der Waals surface area (Å²) in [5, 5.41) is 3.44. The molecule has 0 bridgehead atoms. The van der Waals surface area contributed by atoms with Crippen LogP contribution >= 0.6 is 0 Å². The van der Waals surface area contributed by atoms with E-state index in [1.807, 2.05) is 6.08 Å². The highest BCUT2D eigenvalue weighted by atomic mass is 14.8. The second-order valence-corrected chi connectivity index (χ2v) is 4.49. The summed E-state index contributed by atoms with van der Waals surface area (Å²) in [6, 6.07) is 6.77. The largest absolute Gasteiger partial charge is 0.316 e. The first kappa shape index (κ1) is 14.0. The smallest absolute Gasteiger partial charge is 0.000835 e. The molecule has 0 unspecified atom stereocenters. The standard InChI is InChI=1S/C16H25N/c1-4-7-16-13-14(8-9-15(16)6-3)10-12-17-11-5-2/h6,8-9,13,17H,3-5,7,10-12H2,1-2H3. The predicted molar refractivity (Wildman–Crippen MR) is 77.4 cm³/mol. The van der Waals surface area contributed by atoms with E-state index in [1.165, 1.54) is 29.5 Å². The van der Waals surface area contributed by atoms with Gasteiger partial charge in [-0.25, -0.2) is 0 Å². The lowest BCUT2D eigenvalue weighted by Crippen LogP contribution is -2.17. The highest BCUT2D eigenvalue weighted by Crippen LogP contribution is 2.15. The molecule has 94 valence electrons. The first-order chi connectivity index (χ1) is 8.31. The summed E-state index contributed by atoms with van der Waals surface area (Å²) in [5.41, 5.74) is 4.16. The zero-order valence-electron chi connectivity index (χ0n) is 11.3. The van der Waals surface area contributed by atoms with Gasteiger partial charge in [0.2, 0.25) is 0 Å². The molecule has 0 aliphatic heterocycles. The summed E-state index contributed by atoms with van der Waals surface area (Å²) in [6.45, 7) is 10.5. The number of hydrogen-bond acceptors (Lipinski definition) is 1. The van der Waals surface area contributed by atoms with E-state index in [-0.39, 0.29) is 0 Å². The van der Waals surface area contributed by atoms with Crippen molar-refractivity contribution < 1.29 is 0 Å². The predicted octanol–water partition coefficient (Wildman–Crippen LogP) is 3.82. The highest BCUT2D eigenvalue weighted by Gasteiger charge is 2.01. The average molecular weight is 231 g/mol. The molecule has 0 saturated heterocycles. The van der Waals surface area contributed by atoms with Crippen LogP contribution in [0.4, 0.5) is 0 Å². The maximum absolute atomic E-state index is 3.88. The van der Waals surface area contributed by atoms with Gasteiger partial charge in [-0.1, -0.05) is 51.1 Å². The van der Waals surface area contributed by atoms with Crippen molar-refractivity contribution in [2.75, 3.05) is 13.1 Å². The topological polar surface area (TPSA) is 12.0 Å². The Hall–Kier alpha value is -1.08. The van der Waals surface area contributed by atoms with Crippen molar-refractivity contribution in [3.05, 3.63) is 41.5 Å². The molecule has 0 aliphatic carbocycles. The monoisotopic (exact) mass is 231 g/mol. The van der Waals surface area contributed by atoms with Crippen molar-refractivity contribution in [2.24, 2.45) is 0 Å². The molecule has 0 saturated carbocycles. The number of rotatable bonds is 8. The first-order valence-electron chi connectivity index (χ1n) is 6.76. The van der Waals surface area contributed by atoms with Crippen LogP contribution in [0.1, 0.15) is 43.4 Å². The SMILES string of the molecule is C=Cc1ccc(CCNCCC)cc1CCC. The molecule has 0 fully saturated rings. The van der Waals surface area contributed by atoms with Crippen LogP contribution in [0.3, 0.4) is 0 Å². The molecule has 0 atom stereocenters. The van der Waals surface area contributed by atoms with E-state index in [1.54, 1.807) is 0 Å². The number of hydrogen-bond donors (Lipinski definition) is 1. The lowest BCUT2D eigenvalue weighted by Gasteiger charge is -2.09. The molecule has 17 heavy (non-hydrogen) atoms. The third kappa shape index (κ3) is 4.74. The van der Waals surface area contributed by atoms with Gasteiger partial charge in [0.25, 0.3) is 0 Å². The quantitative estimate of drug-likeness (QED) is 0.671. The zero-order chi connectivity index (χ0) is 12.5. The van der Waals surface area contributed by atoms with Crippen molar-refractivity contribution >= 4 is 6.08 Å². The maximum atomic E-state index is 3.88. The van der Waals surface area contributed by atoms with Crippen molar-refractivity contribution in [3.8, 4) is 0 Å². The van der Waals surface area contributed by atoms with E-state index >= 15 is 0 Å². The second-order valence-electron chi connectivity index (χ2n) is 4.49. The Morgan fingerprint density at radius 3 is 2.59 bits per heavy atom. The van der Waals surface area contributed by atoms with Gasteiger partial charge in [-0.05, 0) is 49.0 Å². The summed E-state index contributed by atoms with van der Waals surface area (Å²) in [4.78, 5) is 0. The summed E-state index contributed by atoms with van der Waals surface area (Å²) < 4.78 is 0. The van der Waals surface area contributed by atoms with Crippen LogP contribution in [0.25, 0.3) is 6.08 Å². The molecular weight excluding hydrogens is 206 g/mol. The summed E-state index contributed by atoms with van der Waals surface area (Å²) in [6.07, 6.45) is 6.63. The van der Waals surface area contributed by atoms with Gasteiger partial charge in [-0.15, -0.1) is 0 Å². The summed E-state index contributed by atoms with van der Waals surface area (Å²) >= 11 is 0.